The van der Waals surface area contributed by atoms with Crippen molar-refractivity contribution in [1.82, 2.24) is 0 Å². The van der Waals surface area contributed by atoms with E-state index in [1.54, 1.807) is 77.8 Å². The van der Waals surface area contributed by atoms with Crippen molar-refractivity contribution in [2.75, 3.05) is 117 Å². The number of benzene rings is 4. The predicted molar refractivity (Wildman–Crippen MR) is 298 cm³/mol. The van der Waals surface area contributed by atoms with Crippen molar-refractivity contribution in [3.05, 3.63) is 88.0 Å². The third kappa shape index (κ3) is 14.8. The van der Waals surface area contributed by atoms with Gasteiger partial charge in [-0.3, -0.25) is 9.59 Å². The molecule has 438 valence electrons. The van der Waals surface area contributed by atoms with Gasteiger partial charge in [0.15, 0.2) is 46.0 Å². The molecular weight excluding hydrogens is 1030 g/mol. The second-order valence-corrected chi connectivity index (χ2v) is 20.6. The number of carbonyl (C=O) groups excluding carboxylic acids is 4. The number of hydrogen-bond acceptors (Lipinski definition) is 17. The highest BCUT2D eigenvalue weighted by Gasteiger charge is 2.46. The minimum Gasteiger partial charge on any atom is -0.493 e. The first-order valence-corrected chi connectivity index (χ1v) is 27.4. The monoisotopic (exact) mass is 1120 g/mol. The maximum absolute atomic E-state index is 13.7. The number of likely N-dealkylation sites (N-methyl/N-ethyl adjacent to an activating group) is 2. The van der Waals surface area contributed by atoms with Gasteiger partial charge in [0.1, 0.15) is 25.2 Å². The molecule has 0 aromatic heterocycles. The molecule has 0 fully saturated rings. The Morgan fingerprint density at radius 2 is 0.838 bits per heavy atom. The molecule has 19 nitrogen and oxygen atoms in total. The van der Waals surface area contributed by atoms with E-state index >= 15 is 0 Å². The maximum atomic E-state index is 13.7. The lowest BCUT2D eigenvalue weighted by atomic mass is 9.85. The van der Waals surface area contributed by atoms with Crippen LogP contribution < -0.4 is 42.6 Å². The van der Waals surface area contributed by atoms with Crippen molar-refractivity contribution >= 4 is 23.9 Å². The van der Waals surface area contributed by atoms with Crippen LogP contribution in [0.5, 0.6) is 51.7 Å². The highest BCUT2D eigenvalue weighted by Crippen LogP contribution is 2.47. The van der Waals surface area contributed by atoms with Crippen molar-refractivity contribution in [2.24, 2.45) is 0 Å². The van der Waals surface area contributed by atoms with Gasteiger partial charge in [0.2, 0.25) is 18.0 Å². The van der Waals surface area contributed by atoms with Crippen molar-refractivity contribution in [3.8, 4) is 51.7 Å². The third-order valence-corrected chi connectivity index (χ3v) is 15.7. The zero-order valence-electron chi connectivity index (χ0n) is 49.2. The largest absolute Gasteiger partial charge is 0.493 e. The molecule has 4 unspecified atom stereocenters. The van der Waals surface area contributed by atoms with E-state index in [-0.39, 0.29) is 51.2 Å². The molecule has 80 heavy (non-hydrogen) atoms. The number of rotatable bonds is 30. The van der Waals surface area contributed by atoms with Crippen molar-refractivity contribution < 1.29 is 89.7 Å². The van der Waals surface area contributed by atoms with Crippen molar-refractivity contribution in [1.29, 1.82) is 0 Å². The molecule has 6 rings (SSSR count). The number of carbonyl (C=O) groups is 4. The summed E-state index contributed by atoms with van der Waals surface area (Å²) in [6.07, 6.45) is 2.20. The van der Waals surface area contributed by atoms with Crippen LogP contribution in [-0.2, 0) is 63.8 Å². The number of hydrogen-bond donors (Lipinski definition) is 0. The number of fused-ring (bicyclic) bond motifs is 2. The highest BCUT2D eigenvalue weighted by molar-refractivity contribution is 5.80. The normalized spacial score (nSPS) is 18.9. The molecule has 2 aliphatic heterocycles. The van der Waals surface area contributed by atoms with Crippen LogP contribution in [0.3, 0.4) is 0 Å². The Morgan fingerprint density at radius 1 is 0.463 bits per heavy atom. The van der Waals surface area contributed by atoms with E-state index in [9.17, 15) is 19.2 Å². The van der Waals surface area contributed by atoms with Crippen LogP contribution in [0.15, 0.2) is 54.6 Å². The molecule has 0 saturated heterocycles. The Hall–Kier alpha value is -7.12. The number of unbranched alkanes of at least 4 members (excludes halogenated alkanes) is 3. The number of methoxy groups -OCH3 is 9. The van der Waals surface area contributed by atoms with Crippen LogP contribution in [0.1, 0.15) is 97.8 Å². The van der Waals surface area contributed by atoms with E-state index in [4.69, 9.17) is 61.6 Å². The lowest BCUT2D eigenvalue weighted by molar-refractivity contribution is -0.943. The first kappa shape index (κ1) is 62.1. The minimum atomic E-state index is -1.20. The van der Waals surface area contributed by atoms with Gasteiger partial charge < -0.3 is 70.5 Å². The van der Waals surface area contributed by atoms with Gasteiger partial charge >= 0.3 is 23.9 Å². The van der Waals surface area contributed by atoms with Crippen LogP contribution >= 0.6 is 0 Å². The van der Waals surface area contributed by atoms with Gasteiger partial charge in [-0.25, -0.2) is 9.59 Å². The number of esters is 4. The standard InChI is InChI=1S/C61H84N2O17/c1-14-77-60(66)55(37-62(3)26-24-41-33-49(70-7)51(72-9)35-43(41)45(62)28-39-22-23-47(68-5)48(30-39)69-6)79-57(64)20-18-16-17-19-21-58(65)80-56(61(67)78-15-2)38-63(4)27-25-42-34-50(71-8)52(73-10)36-44(42)46(63)29-40-31-53(74-11)59(76-13)54(32-40)75-12/h22-23,30-36,45-46,55-56H,14-21,24-29,37-38H2,1-13H3/q+2/t45?,46-,55?,56?,62-,63?/m1/s1. The first-order valence-electron chi connectivity index (χ1n) is 27.4. The zero-order valence-corrected chi connectivity index (χ0v) is 49.2. The molecule has 19 heteroatoms. The van der Waals surface area contributed by atoms with Gasteiger partial charge in [-0.05, 0) is 97.5 Å². The van der Waals surface area contributed by atoms with E-state index in [0.29, 0.717) is 125 Å². The average Bonchev–Trinajstić information content (AvgIpc) is 3.46. The van der Waals surface area contributed by atoms with Crippen molar-refractivity contribution in [3.63, 3.8) is 0 Å². The SMILES string of the molecule is CCOC(=O)C(C[N+]1(C)CCc2cc(OC)c(OC)cc2[C@H]1Cc1cc(OC)c(OC)c(OC)c1)OC(=O)CCCCCCC(=O)OC(C[N@@+]1(C)CCc2cc(OC)c(OC)cc2C1Cc1ccc(OC)c(OC)c1)C(=O)OCC. The summed E-state index contributed by atoms with van der Waals surface area (Å²) in [5.41, 5.74) is 6.09. The van der Waals surface area contributed by atoms with Gasteiger partial charge in [0.05, 0.1) is 104 Å². The molecule has 0 bridgehead atoms. The second kappa shape index (κ2) is 28.9. The molecule has 0 N–H and O–H groups in total. The van der Waals surface area contributed by atoms with E-state index < -0.39 is 36.1 Å². The fourth-order valence-electron chi connectivity index (χ4n) is 11.3. The third-order valence-electron chi connectivity index (χ3n) is 15.7. The Labute approximate surface area is 471 Å². The highest BCUT2D eigenvalue weighted by atomic mass is 16.6. The summed E-state index contributed by atoms with van der Waals surface area (Å²) in [4.78, 5) is 54.7. The number of ether oxygens (including phenoxy) is 13. The zero-order chi connectivity index (χ0) is 58.1. The number of nitrogens with zero attached hydrogens (tertiary/aromatic N) is 2. The first-order chi connectivity index (χ1) is 38.5. The van der Waals surface area contributed by atoms with Crippen LogP contribution in [0, 0.1) is 0 Å². The maximum Gasteiger partial charge on any atom is 0.353 e. The van der Waals surface area contributed by atoms with Crippen LogP contribution in [0.4, 0.5) is 0 Å². The summed E-state index contributed by atoms with van der Waals surface area (Å²) in [6.45, 7) is 5.19. The lowest BCUT2D eigenvalue weighted by Crippen LogP contribution is -2.57. The Balaban J connectivity index is 1.11. The topological polar surface area (TPSA) is 188 Å². The summed E-state index contributed by atoms with van der Waals surface area (Å²) < 4.78 is 74.9. The van der Waals surface area contributed by atoms with Gasteiger partial charge in [0, 0.05) is 49.7 Å². The van der Waals surface area contributed by atoms with E-state index in [2.05, 4.69) is 14.1 Å². The van der Waals surface area contributed by atoms with E-state index in [0.717, 1.165) is 33.4 Å². The van der Waals surface area contributed by atoms with Crippen LogP contribution in [-0.4, -0.2) is 163 Å². The van der Waals surface area contributed by atoms with Crippen LogP contribution in [0.2, 0.25) is 0 Å². The van der Waals surface area contributed by atoms with Gasteiger partial charge in [-0.2, -0.15) is 0 Å². The molecule has 0 saturated carbocycles. The molecule has 0 aliphatic carbocycles. The summed E-state index contributed by atoms with van der Waals surface area (Å²) in [7, 11) is 18.4. The average molecular weight is 1120 g/mol. The van der Waals surface area contributed by atoms with Crippen LogP contribution in [0.25, 0.3) is 0 Å². The lowest BCUT2D eigenvalue weighted by Gasteiger charge is -2.47. The van der Waals surface area contributed by atoms with Crippen molar-refractivity contribution in [2.45, 2.75) is 102 Å². The van der Waals surface area contributed by atoms with E-state index in [1.165, 1.54) is 0 Å². The Bertz CT molecular complexity index is 2740. The molecule has 0 radical (unpaired) electrons. The fourth-order valence-corrected chi connectivity index (χ4v) is 11.3. The molecule has 6 atom stereocenters. The summed E-state index contributed by atoms with van der Waals surface area (Å²) in [5, 5.41) is 0. The quantitative estimate of drug-likeness (QED) is 0.0210. The van der Waals surface area contributed by atoms with Gasteiger partial charge in [0.25, 0.3) is 0 Å². The Kier molecular flexibility index (Phi) is 22.4. The smallest absolute Gasteiger partial charge is 0.353 e. The number of quaternary nitrogens is 2. The van der Waals surface area contributed by atoms with Gasteiger partial charge in [-0.1, -0.05) is 18.9 Å². The summed E-state index contributed by atoms with van der Waals surface area (Å²) >= 11 is 0. The summed E-state index contributed by atoms with van der Waals surface area (Å²) in [6, 6.07) is 17.2. The molecule has 2 heterocycles. The fraction of sp³-hybridized carbons (Fsp3) is 0.541. The molecule has 2 aliphatic rings. The minimum absolute atomic E-state index is 0.0481. The van der Waals surface area contributed by atoms with E-state index in [1.807, 2.05) is 54.6 Å². The molecule has 4 aromatic rings. The predicted octanol–water partition coefficient (Wildman–Crippen LogP) is 8.33. The second-order valence-electron chi connectivity index (χ2n) is 20.6. The molecule has 0 spiro atoms. The Morgan fingerprint density at radius 3 is 1.23 bits per heavy atom. The molecule has 0 amide bonds. The van der Waals surface area contributed by atoms with Gasteiger partial charge in [-0.15, -0.1) is 0 Å². The summed E-state index contributed by atoms with van der Waals surface area (Å²) in [5.74, 6) is 2.79. The molecular formula is C61H84N2O17+2. The molecule has 4 aromatic carbocycles.